The molecule has 0 aliphatic carbocycles. The van der Waals surface area contributed by atoms with E-state index in [0.29, 0.717) is 11.7 Å². The summed E-state index contributed by atoms with van der Waals surface area (Å²) < 4.78 is 0. The minimum absolute atomic E-state index is 0.475. The van der Waals surface area contributed by atoms with Crippen LogP contribution in [0.25, 0.3) is 10.9 Å². The van der Waals surface area contributed by atoms with Gasteiger partial charge < -0.3 is 5.73 Å². The third-order valence-electron chi connectivity index (χ3n) is 2.99. The Morgan fingerprint density at radius 3 is 2.69 bits per heavy atom. The lowest BCUT2D eigenvalue weighted by Crippen LogP contribution is -2.00. The molecular formula is C14H18N2. The van der Waals surface area contributed by atoms with Crippen molar-refractivity contribution in [2.45, 2.75) is 33.1 Å². The molecule has 1 aromatic heterocycles. The zero-order valence-electron chi connectivity index (χ0n) is 10.1. The van der Waals surface area contributed by atoms with Crippen LogP contribution in [0, 0.1) is 0 Å². The second-order valence-corrected chi connectivity index (χ2v) is 4.46. The summed E-state index contributed by atoms with van der Waals surface area (Å²) in [5.74, 6) is 1.14. The van der Waals surface area contributed by atoms with E-state index in [1.165, 1.54) is 10.9 Å². The van der Waals surface area contributed by atoms with Crippen LogP contribution in [-0.4, -0.2) is 4.98 Å². The average molecular weight is 214 g/mol. The summed E-state index contributed by atoms with van der Waals surface area (Å²) in [6.07, 6.45) is 0.931. The molecule has 2 nitrogen and oxygen atoms in total. The van der Waals surface area contributed by atoms with Crippen LogP contribution in [-0.2, 0) is 6.42 Å². The first-order valence-corrected chi connectivity index (χ1v) is 5.81. The predicted molar refractivity (Wildman–Crippen MR) is 69.6 cm³/mol. The summed E-state index contributed by atoms with van der Waals surface area (Å²) in [4.78, 5) is 4.55. The van der Waals surface area contributed by atoms with Crippen molar-refractivity contribution >= 4 is 16.7 Å². The summed E-state index contributed by atoms with van der Waals surface area (Å²) in [7, 11) is 0. The van der Waals surface area contributed by atoms with E-state index in [0.717, 1.165) is 17.5 Å². The van der Waals surface area contributed by atoms with Crippen LogP contribution < -0.4 is 5.73 Å². The van der Waals surface area contributed by atoms with Crippen molar-refractivity contribution in [1.82, 2.24) is 4.98 Å². The van der Waals surface area contributed by atoms with Gasteiger partial charge >= 0.3 is 0 Å². The smallest absolute Gasteiger partial charge is 0.127 e. The van der Waals surface area contributed by atoms with Gasteiger partial charge in [0.05, 0.1) is 5.52 Å². The molecule has 0 saturated heterocycles. The summed E-state index contributed by atoms with van der Waals surface area (Å²) in [6, 6.07) is 8.48. The summed E-state index contributed by atoms with van der Waals surface area (Å²) in [5, 5.41) is 1.19. The first kappa shape index (κ1) is 10.9. The van der Waals surface area contributed by atoms with Crippen LogP contribution in [0.4, 0.5) is 5.82 Å². The van der Waals surface area contributed by atoms with Crippen LogP contribution in [0.15, 0.2) is 24.3 Å². The van der Waals surface area contributed by atoms with E-state index in [1.54, 1.807) is 0 Å². The Morgan fingerprint density at radius 2 is 2.06 bits per heavy atom. The van der Waals surface area contributed by atoms with Crippen molar-refractivity contribution in [2.75, 3.05) is 5.73 Å². The molecule has 0 atom stereocenters. The molecule has 0 unspecified atom stereocenters. The Bertz CT molecular complexity index is 515. The molecule has 0 radical (unpaired) electrons. The molecule has 0 spiro atoms. The van der Waals surface area contributed by atoms with E-state index in [9.17, 15) is 0 Å². The maximum atomic E-state index is 5.96. The van der Waals surface area contributed by atoms with E-state index < -0.39 is 0 Å². The Hall–Kier alpha value is -1.57. The Kier molecular flexibility index (Phi) is 2.82. The lowest BCUT2D eigenvalue weighted by Gasteiger charge is -2.11. The highest BCUT2D eigenvalue weighted by molar-refractivity contribution is 5.84. The van der Waals surface area contributed by atoms with Crippen molar-refractivity contribution in [2.24, 2.45) is 0 Å². The minimum Gasteiger partial charge on any atom is -0.383 e. The molecule has 2 N–H and O–H groups in total. The highest BCUT2D eigenvalue weighted by atomic mass is 14.8. The van der Waals surface area contributed by atoms with E-state index in [-0.39, 0.29) is 0 Å². The van der Waals surface area contributed by atoms with Crippen molar-refractivity contribution in [3.05, 3.63) is 35.4 Å². The van der Waals surface area contributed by atoms with E-state index in [2.05, 4.69) is 50.0 Å². The maximum absolute atomic E-state index is 5.96. The highest BCUT2D eigenvalue weighted by Crippen LogP contribution is 2.26. The van der Waals surface area contributed by atoms with Gasteiger partial charge in [0.1, 0.15) is 5.82 Å². The predicted octanol–water partition coefficient (Wildman–Crippen LogP) is 3.50. The third kappa shape index (κ3) is 1.75. The van der Waals surface area contributed by atoms with Gasteiger partial charge in [0.15, 0.2) is 0 Å². The number of para-hydroxylation sites is 1. The zero-order valence-corrected chi connectivity index (χ0v) is 10.1. The normalized spacial score (nSPS) is 11.2. The maximum Gasteiger partial charge on any atom is 0.127 e. The molecule has 1 aromatic carbocycles. The second-order valence-electron chi connectivity index (χ2n) is 4.46. The Labute approximate surface area is 96.5 Å². The number of hydrogen-bond donors (Lipinski definition) is 1. The van der Waals surface area contributed by atoms with E-state index >= 15 is 0 Å². The Balaban J connectivity index is 2.74. The van der Waals surface area contributed by atoms with E-state index in [4.69, 9.17) is 5.73 Å². The monoisotopic (exact) mass is 214 g/mol. The molecular weight excluding hydrogens is 196 g/mol. The molecule has 2 rings (SSSR count). The number of aryl methyl sites for hydroxylation is 1. The van der Waals surface area contributed by atoms with Gasteiger partial charge in [-0.05, 0) is 29.5 Å². The van der Waals surface area contributed by atoms with Gasteiger partial charge in [-0.2, -0.15) is 0 Å². The van der Waals surface area contributed by atoms with Crippen molar-refractivity contribution in [1.29, 1.82) is 0 Å². The first-order chi connectivity index (χ1) is 7.63. The van der Waals surface area contributed by atoms with Crippen molar-refractivity contribution < 1.29 is 0 Å². The van der Waals surface area contributed by atoms with Gasteiger partial charge in [-0.1, -0.05) is 39.0 Å². The zero-order chi connectivity index (χ0) is 11.7. The van der Waals surface area contributed by atoms with Gasteiger partial charge in [0.25, 0.3) is 0 Å². The second kappa shape index (κ2) is 4.12. The number of pyridine rings is 1. The van der Waals surface area contributed by atoms with Gasteiger partial charge in [-0.15, -0.1) is 0 Å². The number of hydrogen-bond acceptors (Lipinski definition) is 2. The molecule has 2 aromatic rings. The summed E-state index contributed by atoms with van der Waals surface area (Å²) in [5.41, 5.74) is 9.41. The van der Waals surface area contributed by atoms with Gasteiger partial charge in [-0.3, -0.25) is 0 Å². The lowest BCUT2D eigenvalue weighted by atomic mass is 9.98. The van der Waals surface area contributed by atoms with Crippen LogP contribution in [0.2, 0.25) is 0 Å². The largest absolute Gasteiger partial charge is 0.383 e. The van der Waals surface area contributed by atoms with Gasteiger partial charge in [0.2, 0.25) is 0 Å². The van der Waals surface area contributed by atoms with Crippen molar-refractivity contribution in [3.63, 3.8) is 0 Å². The fourth-order valence-corrected chi connectivity index (χ4v) is 2.03. The van der Waals surface area contributed by atoms with Crippen molar-refractivity contribution in [3.8, 4) is 0 Å². The number of nitrogens with two attached hydrogens (primary N) is 1. The molecule has 0 aliphatic heterocycles. The molecule has 84 valence electrons. The minimum atomic E-state index is 0.475. The number of benzene rings is 1. The first-order valence-electron chi connectivity index (χ1n) is 5.81. The third-order valence-corrected chi connectivity index (χ3v) is 2.99. The van der Waals surface area contributed by atoms with Crippen LogP contribution in [0.3, 0.4) is 0 Å². The lowest BCUT2D eigenvalue weighted by molar-refractivity contribution is 0.872. The number of anilines is 1. The topological polar surface area (TPSA) is 38.9 Å². The fourth-order valence-electron chi connectivity index (χ4n) is 2.03. The number of nitrogens with zero attached hydrogens (tertiary/aromatic N) is 1. The van der Waals surface area contributed by atoms with Crippen LogP contribution in [0.5, 0.6) is 0 Å². The molecule has 0 aliphatic rings. The average Bonchev–Trinajstić information content (AvgIpc) is 2.27. The van der Waals surface area contributed by atoms with Crippen LogP contribution >= 0.6 is 0 Å². The number of fused-ring (bicyclic) bond motifs is 1. The SMILES string of the molecule is CCc1cc2cccc(C(C)C)c2nc1N. The van der Waals surface area contributed by atoms with Gasteiger partial charge in [0, 0.05) is 5.39 Å². The molecule has 0 fully saturated rings. The fraction of sp³-hybridized carbons (Fsp3) is 0.357. The molecule has 1 heterocycles. The molecule has 0 saturated carbocycles. The molecule has 2 heteroatoms. The molecule has 0 bridgehead atoms. The van der Waals surface area contributed by atoms with Crippen LogP contribution in [0.1, 0.15) is 37.8 Å². The molecule has 0 amide bonds. The molecule has 16 heavy (non-hydrogen) atoms. The number of aromatic nitrogens is 1. The number of nitrogen functional groups attached to an aromatic ring is 1. The van der Waals surface area contributed by atoms with Gasteiger partial charge in [-0.25, -0.2) is 4.98 Å². The van der Waals surface area contributed by atoms with E-state index in [1.807, 2.05) is 0 Å². The Morgan fingerprint density at radius 1 is 1.31 bits per heavy atom. The standard InChI is InChI=1S/C14H18N2/c1-4-10-8-11-6-5-7-12(9(2)3)13(11)16-14(10)15/h5-9H,4H2,1-3H3,(H2,15,16). The number of rotatable bonds is 2. The summed E-state index contributed by atoms with van der Waals surface area (Å²) in [6.45, 7) is 6.46. The highest BCUT2D eigenvalue weighted by Gasteiger charge is 2.08. The summed E-state index contributed by atoms with van der Waals surface area (Å²) >= 11 is 0. The quantitative estimate of drug-likeness (QED) is 0.831.